The van der Waals surface area contributed by atoms with Crippen LogP contribution < -0.4 is 5.73 Å². The second-order valence-electron chi connectivity index (χ2n) is 4.23. The Hall–Kier alpha value is -1.70. The van der Waals surface area contributed by atoms with Gasteiger partial charge < -0.3 is 15.2 Å². The summed E-state index contributed by atoms with van der Waals surface area (Å²) >= 11 is 5.99. The lowest BCUT2D eigenvalue weighted by atomic mass is 10.1. The minimum absolute atomic E-state index is 0.150. The van der Waals surface area contributed by atoms with Crippen LogP contribution >= 0.6 is 11.6 Å². The zero-order valence-electron chi connectivity index (χ0n) is 11.3. The maximum atomic E-state index is 5.99. The maximum absolute atomic E-state index is 5.99. The number of ether oxygens (including phenoxy) is 2. The van der Waals surface area contributed by atoms with Gasteiger partial charge in [-0.05, 0) is 28.6 Å². The summed E-state index contributed by atoms with van der Waals surface area (Å²) in [5.41, 5.74) is 7.20. The molecule has 0 fully saturated rings. The number of aromatic nitrogens is 4. The van der Waals surface area contributed by atoms with Crippen LogP contribution in [0.1, 0.15) is 0 Å². The fourth-order valence-corrected chi connectivity index (χ4v) is 1.99. The smallest absolute Gasteiger partial charge is 0.184 e. The van der Waals surface area contributed by atoms with Crippen molar-refractivity contribution in [1.82, 2.24) is 20.2 Å². The Morgan fingerprint density at radius 1 is 1.40 bits per heavy atom. The van der Waals surface area contributed by atoms with Gasteiger partial charge in [0.15, 0.2) is 5.82 Å². The lowest BCUT2D eigenvalue weighted by molar-refractivity contribution is 0.0163. The first-order chi connectivity index (χ1) is 9.65. The van der Waals surface area contributed by atoms with Crippen LogP contribution in [0.4, 0.5) is 5.69 Å². The van der Waals surface area contributed by atoms with Crippen molar-refractivity contribution in [2.75, 3.05) is 26.6 Å². The van der Waals surface area contributed by atoms with Gasteiger partial charge in [-0.1, -0.05) is 11.6 Å². The van der Waals surface area contributed by atoms with Gasteiger partial charge in [-0.3, -0.25) is 0 Å². The third-order valence-electron chi connectivity index (χ3n) is 2.85. The minimum atomic E-state index is -0.150. The number of hydrogen-bond acceptors (Lipinski definition) is 6. The number of hydrogen-bond donors (Lipinski definition) is 1. The molecule has 1 aromatic carbocycles. The van der Waals surface area contributed by atoms with Gasteiger partial charge in [-0.2, -0.15) is 0 Å². The quantitative estimate of drug-likeness (QED) is 0.807. The zero-order valence-corrected chi connectivity index (χ0v) is 12.0. The largest absolute Gasteiger partial charge is 0.398 e. The van der Waals surface area contributed by atoms with Crippen molar-refractivity contribution >= 4 is 17.3 Å². The lowest BCUT2D eigenvalue weighted by Gasteiger charge is -2.15. The number of halogens is 1. The molecule has 0 aliphatic carbocycles. The molecule has 0 bridgehead atoms. The van der Waals surface area contributed by atoms with Crippen LogP contribution in [0.25, 0.3) is 11.4 Å². The molecule has 1 aromatic heterocycles. The van der Waals surface area contributed by atoms with E-state index in [0.717, 1.165) is 0 Å². The molecule has 8 heteroatoms. The summed E-state index contributed by atoms with van der Waals surface area (Å²) in [6.45, 7) is 0.902. The maximum Gasteiger partial charge on any atom is 0.184 e. The van der Waals surface area contributed by atoms with Crippen LogP contribution in [0.2, 0.25) is 5.02 Å². The summed E-state index contributed by atoms with van der Waals surface area (Å²) in [7, 11) is 3.23. The number of benzene rings is 1. The summed E-state index contributed by atoms with van der Waals surface area (Å²) in [5, 5.41) is 12.2. The first-order valence-corrected chi connectivity index (χ1v) is 6.36. The van der Waals surface area contributed by atoms with Crippen LogP contribution in [0.5, 0.6) is 0 Å². The second kappa shape index (κ2) is 6.65. The number of tetrazole rings is 1. The molecule has 0 aliphatic heterocycles. The molecule has 2 aromatic rings. The third kappa shape index (κ3) is 3.24. The Labute approximate surface area is 121 Å². The molecule has 1 unspecified atom stereocenters. The molecule has 0 aliphatic rings. The Bertz CT molecular complexity index is 575. The lowest BCUT2D eigenvalue weighted by Crippen LogP contribution is -2.25. The van der Waals surface area contributed by atoms with Crippen LogP contribution in [0.3, 0.4) is 0 Å². The highest BCUT2D eigenvalue weighted by atomic mass is 35.5. The van der Waals surface area contributed by atoms with E-state index < -0.39 is 0 Å². The summed E-state index contributed by atoms with van der Waals surface area (Å²) in [4.78, 5) is 0. The van der Waals surface area contributed by atoms with E-state index in [1.54, 1.807) is 37.1 Å². The van der Waals surface area contributed by atoms with Gasteiger partial charge in [0.05, 0.1) is 13.2 Å². The van der Waals surface area contributed by atoms with Gasteiger partial charge in [0.1, 0.15) is 6.10 Å². The van der Waals surface area contributed by atoms with Crippen molar-refractivity contribution in [3.63, 3.8) is 0 Å². The highest BCUT2D eigenvalue weighted by Crippen LogP contribution is 2.26. The Morgan fingerprint density at radius 2 is 2.20 bits per heavy atom. The molecule has 1 heterocycles. The van der Waals surface area contributed by atoms with Crippen LogP contribution in [0.15, 0.2) is 18.2 Å². The normalized spacial score (nSPS) is 12.6. The highest BCUT2D eigenvalue weighted by Gasteiger charge is 2.16. The molecule has 0 spiro atoms. The monoisotopic (exact) mass is 297 g/mol. The van der Waals surface area contributed by atoms with E-state index >= 15 is 0 Å². The van der Waals surface area contributed by atoms with Gasteiger partial charge in [-0.15, -0.1) is 5.10 Å². The average molecular weight is 298 g/mol. The highest BCUT2D eigenvalue weighted by molar-refractivity contribution is 6.31. The molecule has 2 N–H and O–H groups in total. The SMILES string of the molecule is COCC(Cn1nnnc1-c1cc(Cl)ccc1N)OC. The molecule has 2 rings (SSSR count). The molecule has 7 nitrogen and oxygen atoms in total. The van der Waals surface area contributed by atoms with Gasteiger partial charge in [0, 0.05) is 30.5 Å². The van der Waals surface area contributed by atoms with Crippen molar-refractivity contribution in [2.45, 2.75) is 12.6 Å². The van der Waals surface area contributed by atoms with Gasteiger partial charge in [-0.25, -0.2) is 4.68 Å². The number of nitrogens with zero attached hydrogens (tertiary/aromatic N) is 4. The molecule has 20 heavy (non-hydrogen) atoms. The molecule has 0 radical (unpaired) electrons. The van der Waals surface area contributed by atoms with Gasteiger partial charge in [0.25, 0.3) is 0 Å². The van der Waals surface area contributed by atoms with E-state index in [9.17, 15) is 0 Å². The van der Waals surface area contributed by atoms with Crippen molar-refractivity contribution in [2.24, 2.45) is 0 Å². The molecular weight excluding hydrogens is 282 g/mol. The summed E-state index contributed by atoms with van der Waals surface area (Å²) in [6, 6.07) is 5.17. The van der Waals surface area contributed by atoms with E-state index in [4.69, 9.17) is 26.8 Å². The van der Waals surface area contributed by atoms with Crippen LogP contribution in [-0.2, 0) is 16.0 Å². The van der Waals surface area contributed by atoms with E-state index in [-0.39, 0.29) is 6.10 Å². The minimum Gasteiger partial charge on any atom is -0.398 e. The van der Waals surface area contributed by atoms with Crippen LogP contribution in [-0.4, -0.2) is 47.1 Å². The third-order valence-corrected chi connectivity index (χ3v) is 3.09. The van der Waals surface area contributed by atoms with Crippen molar-refractivity contribution in [3.8, 4) is 11.4 Å². The van der Waals surface area contributed by atoms with Gasteiger partial charge >= 0.3 is 0 Å². The first kappa shape index (κ1) is 14.7. The number of anilines is 1. The summed E-state index contributed by atoms with van der Waals surface area (Å²) in [5.74, 6) is 0.545. The first-order valence-electron chi connectivity index (χ1n) is 5.99. The Morgan fingerprint density at radius 3 is 2.90 bits per heavy atom. The summed E-state index contributed by atoms with van der Waals surface area (Å²) in [6.07, 6.45) is -0.150. The van der Waals surface area contributed by atoms with E-state index in [0.29, 0.717) is 35.2 Å². The fraction of sp³-hybridized carbons (Fsp3) is 0.417. The Balaban J connectivity index is 2.30. The zero-order chi connectivity index (χ0) is 14.5. The number of nitrogens with two attached hydrogens (primary N) is 1. The fourth-order valence-electron chi connectivity index (χ4n) is 1.82. The number of nitrogen functional groups attached to an aromatic ring is 1. The summed E-state index contributed by atoms with van der Waals surface area (Å²) < 4.78 is 12.0. The van der Waals surface area contributed by atoms with E-state index in [1.807, 2.05) is 0 Å². The molecule has 0 amide bonds. The number of methoxy groups -OCH3 is 2. The van der Waals surface area contributed by atoms with E-state index in [1.165, 1.54) is 0 Å². The van der Waals surface area contributed by atoms with Crippen molar-refractivity contribution in [3.05, 3.63) is 23.2 Å². The van der Waals surface area contributed by atoms with Crippen molar-refractivity contribution < 1.29 is 9.47 Å². The van der Waals surface area contributed by atoms with Gasteiger partial charge in [0.2, 0.25) is 0 Å². The topological polar surface area (TPSA) is 88.1 Å². The average Bonchev–Trinajstić information content (AvgIpc) is 2.89. The standard InChI is InChI=1S/C12H16ClN5O2/c1-19-7-9(20-2)6-18-12(15-16-17-18)10-5-8(13)3-4-11(10)14/h3-5,9H,6-7,14H2,1-2H3. The number of rotatable bonds is 6. The molecule has 0 saturated carbocycles. The molecule has 0 saturated heterocycles. The predicted molar refractivity (Wildman–Crippen MR) is 75.3 cm³/mol. The van der Waals surface area contributed by atoms with Crippen molar-refractivity contribution in [1.29, 1.82) is 0 Å². The second-order valence-corrected chi connectivity index (χ2v) is 4.67. The van der Waals surface area contributed by atoms with Crippen LogP contribution in [0, 0.1) is 0 Å². The molecule has 1 atom stereocenters. The molecule has 108 valence electrons. The Kier molecular flexibility index (Phi) is 4.89. The molecular formula is C12H16ClN5O2. The van der Waals surface area contributed by atoms with E-state index in [2.05, 4.69) is 15.5 Å². The predicted octanol–water partition coefficient (Wildman–Crippen LogP) is 1.24.